The van der Waals surface area contributed by atoms with E-state index in [2.05, 4.69) is 83.2 Å². The maximum absolute atomic E-state index is 3.60. The van der Waals surface area contributed by atoms with Crippen LogP contribution >= 0.6 is 0 Å². The Balaban J connectivity index is 4.79. The molecule has 3 unspecified atom stereocenters. The Hall–Kier alpha value is -0.160. The van der Waals surface area contributed by atoms with E-state index in [-0.39, 0.29) is 0 Å². The lowest BCUT2D eigenvalue weighted by atomic mass is 10.2. The van der Waals surface area contributed by atoms with Crippen LogP contribution in [-0.4, -0.2) is 41.5 Å². The van der Waals surface area contributed by atoms with Gasteiger partial charge in [0.1, 0.15) is 0 Å². The molecule has 0 aliphatic heterocycles. The molecule has 4 nitrogen and oxygen atoms in total. The molecule has 0 amide bonds. The second-order valence-electron chi connectivity index (χ2n) is 6.44. The van der Waals surface area contributed by atoms with Gasteiger partial charge in [-0.3, -0.25) is 20.9 Å². The first kappa shape index (κ1) is 18.8. The van der Waals surface area contributed by atoms with E-state index in [1.165, 1.54) is 0 Å². The topological polar surface area (TPSA) is 39.3 Å². The van der Waals surface area contributed by atoms with Crippen molar-refractivity contribution in [2.75, 3.05) is 0 Å². The Bertz CT molecular complexity index is 190. The van der Waals surface area contributed by atoms with Crippen LogP contribution in [0, 0.1) is 0 Å². The molecule has 0 aliphatic rings. The van der Waals surface area contributed by atoms with Gasteiger partial charge in [-0.1, -0.05) is 0 Å². The zero-order valence-corrected chi connectivity index (χ0v) is 14.4. The van der Waals surface area contributed by atoms with E-state index >= 15 is 0 Å². The Kier molecular flexibility index (Phi) is 8.83. The summed E-state index contributed by atoms with van der Waals surface area (Å²) >= 11 is 0. The van der Waals surface area contributed by atoms with Gasteiger partial charge in [0.05, 0.1) is 18.5 Å². The molecular formula is C15H36N4. The van der Waals surface area contributed by atoms with E-state index in [9.17, 15) is 0 Å². The average Bonchev–Trinajstić information content (AvgIpc) is 2.12. The fraction of sp³-hybridized carbons (Fsp3) is 1.00. The van der Waals surface area contributed by atoms with Crippen LogP contribution < -0.4 is 16.0 Å². The van der Waals surface area contributed by atoms with Crippen LogP contribution in [0.2, 0.25) is 0 Å². The van der Waals surface area contributed by atoms with Crippen LogP contribution in [0.3, 0.4) is 0 Å². The maximum Gasteiger partial charge on any atom is 0.0598 e. The van der Waals surface area contributed by atoms with E-state index < -0.39 is 0 Å². The van der Waals surface area contributed by atoms with Crippen molar-refractivity contribution in [1.29, 1.82) is 0 Å². The summed E-state index contributed by atoms with van der Waals surface area (Å²) in [5.41, 5.74) is 0. The lowest BCUT2D eigenvalue weighted by molar-refractivity contribution is 0.0388. The van der Waals surface area contributed by atoms with Crippen LogP contribution in [0.25, 0.3) is 0 Å². The SMILES string of the molecule is CC(C)NC(C)N(C(C)NC(C)C)C(C)NC(C)C. The molecular weight excluding hydrogens is 236 g/mol. The van der Waals surface area contributed by atoms with Crippen molar-refractivity contribution in [2.45, 2.75) is 98.9 Å². The number of hydrogen-bond acceptors (Lipinski definition) is 4. The quantitative estimate of drug-likeness (QED) is 0.563. The van der Waals surface area contributed by atoms with Crippen LogP contribution in [0.4, 0.5) is 0 Å². The maximum atomic E-state index is 3.60. The fourth-order valence-corrected chi connectivity index (χ4v) is 2.71. The molecule has 0 spiro atoms. The third kappa shape index (κ3) is 7.88. The first-order valence-corrected chi connectivity index (χ1v) is 7.70. The van der Waals surface area contributed by atoms with E-state index in [4.69, 9.17) is 0 Å². The third-order valence-electron chi connectivity index (χ3n) is 3.07. The Morgan fingerprint density at radius 3 is 0.842 bits per heavy atom. The minimum atomic E-state index is 0.322. The van der Waals surface area contributed by atoms with Crippen molar-refractivity contribution in [2.24, 2.45) is 0 Å². The number of nitrogens with zero attached hydrogens (tertiary/aromatic N) is 1. The molecule has 0 aliphatic carbocycles. The largest absolute Gasteiger partial charge is 0.300 e. The van der Waals surface area contributed by atoms with Gasteiger partial charge in [-0.15, -0.1) is 0 Å². The predicted molar refractivity (Wildman–Crippen MR) is 85.0 cm³/mol. The van der Waals surface area contributed by atoms with E-state index in [1.807, 2.05) is 0 Å². The van der Waals surface area contributed by atoms with Crippen molar-refractivity contribution in [3.63, 3.8) is 0 Å². The van der Waals surface area contributed by atoms with Crippen LogP contribution in [0.15, 0.2) is 0 Å². The van der Waals surface area contributed by atoms with Gasteiger partial charge in [-0.25, -0.2) is 0 Å². The fourth-order valence-electron chi connectivity index (χ4n) is 2.71. The first-order valence-electron chi connectivity index (χ1n) is 7.70. The smallest absolute Gasteiger partial charge is 0.0598 e. The molecule has 4 heteroatoms. The second kappa shape index (κ2) is 8.90. The van der Waals surface area contributed by atoms with Crippen molar-refractivity contribution in [3.05, 3.63) is 0 Å². The summed E-state index contributed by atoms with van der Waals surface area (Å²) < 4.78 is 0. The van der Waals surface area contributed by atoms with Crippen molar-refractivity contribution in [3.8, 4) is 0 Å². The second-order valence-corrected chi connectivity index (χ2v) is 6.44. The summed E-state index contributed by atoms with van der Waals surface area (Å²) in [7, 11) is 0. The molecule has 0 aromatic carbocycles. The molecule has 3 N–H and O–H groups in total. The molecule has 0 rings (SSSR count). The standard InChI is InChI=1S/C15H36N4/c1-10(2)16-13(7)19(14(8)17-11(3)4)15(9)18-12(5)6/h10-18H,1-9H3. The van der Waals surface area contributed by atoms with Gasteiger partial charge >= 0.3 is 0 Å². The molecule has 0 aromatic heterocycles. The predicted octanol–water partition coefficient (Wildman–Crippen LogP) is 2.32. The lowest BCUT2D eigenvalue weighted by Crippen LogP contribution is -2.62. The van der Waals surface area contributed by atoms with Gasteiger partial charge in [0.2, 0.25) is 0 Å². The summed E-state index contributed by atoms with van der Waals surface area (Å²) in [5, 5.41) is 10.8. The minimum Gasteiger partial charge on any atom is -0.300 e. The third-order valence-corrected chi connectivity index (χ3v) is 3.07. The summed E-state index contributed by atoms with van der Waals surface area (Å²) in [4.78, 5) is 2.46. The van der Waals surface area contributed by atoms with Gasteiger partial charge in [0, 0.05) is 18.1 Å². The van der Waals surface area contributed by atoms with Crippen molar-refractivity contribution in [1.82, 2.24) is 20.9 Å². The molecule has 3 atom stereocenters. The van der Waals surface area contributed by atoms with Gasteiger partial charge in [-0.05, 0) is 62.3 Å². The molecule has 0 fully saturated rings. The zero-order chi connectivity index (χ0) is 15.2. The van der Waals surface area contributed by atoms with Gasteiger partial charge < -0.3 is 0 Å². The van der Waals surface area contributed by atoms with E-state index in [1.54, 1.807) is 0 Å². The lowest BCUT2D eigenvalue weighted by Gasteiger charge is -2.42. The molecule has 19 heavy (non-hydrogen) atoms. The van der Waals surface area contributed by atoms with E-state index in [0.29, 0.717) is 36.6 Å². The Labute approximate surface area is 120 Å². The summed E-state index contributed by atoms with van der Waals surface area (Å²) in [5.74, 6) is 0. The number of hydrogen-bond donors (Lipinski definition) is 3. The van der Waals surface area contributed by atoms with Gasteiger partial charge in [0.15, 0.2) is 0 Å². The van der Waals surface area contributed by atoms with Crippen LogP contribution in [-0.2, 0) is 0 Å². The molecule has 0 radical (unpaired) electrons. The normalized spacial score (nSPS) is 17.5. The van der Waals surface area contributed by atoms with Gasteiger partial charge in [0.25, 0.3) is 0 Å². The molecule has 0 aromatic rings. The highest BCUT2D eigenvalue weighted by atomic mass is 15.4. The monoisotopic (exact) mass is 272 g/mol. The molecule has 116 valence electrons. The zero-order valence-electron chi connectivity index (χ0n) is 14.4. The molecule has 0 saturated heterocycles. The molecule has 0 heterocycles. The van der Waals surface area contributed by atoms with Crippen LogP contribution in [0.1, 0.15) is 62.3 Å². The Morgan fingerprint density at radius 1 is 0.474 bits per heavy atom. The summed E-state index contributed by atoms with van der Waals surface area (Å²) in [6, 6.07) is 1.44. The average molecular weight is 272 g/mol. The van der Waals surface area contributed by atoms with Crippen molar-refractivity contribution < 1.29 is 0 Å². The van der Waals surface area contributed by atoms with Gasteiger partial charge in [-0.2, -0.15) is 0 Å². The Morgan fingerprint density at radius 2 is 0.684 bits per heavy atom. The minimum absolute atomic E-state index is 0.322. The highest BCUT2D eigenvalue weighted by Gasteiger charge is 2.26. The van der Waals surface area contributed by atoms with E-state index in [0.717, 1.165) is 0 Å². The first-order chi connectivity index (χ1) is 8.65. The van der Waals surface area contributed by atoms with Crippen molar-refractivity contribution >= 4 is 0 Å². The highest BCUT2D eigenvalue weighted by molar-refractivity contribution is 4.78. The van der Waals surface area contributed by atoms with Crippen LogP contribution in [0.5, 0.6) is 0 Å². The summed E-state index contributed by atoms with van der Waals surface area (Å²) in [6.07, 6.45) is 0.965. The highest BCUT2D eigenvalue weighted by Crippen LogP contribution is 2.08. The summed E-state index contributed by atoms with van der Waals surface area (Å²) in [6.45, 7) is 19.8. The number of rotatable bonds is 9. The molecule has 0 saturated carbocycles. The molecule has 0 bridgehead atoms. The number of nitrogens with one attached hydrogen (secondary N) is 3.